The summed E-state index contributed by atoms with van der Waals surface area (Å²) in [5.74, 6) is -0.525. The van der Waals surface area contributed by atoms with Crippen LogP contribution < -0.4 is 5.32 Å². The number of halogens is 2. The monoisotopic (exact) mass is 369 g/mol. The second-order valence-electron chi connectivity index (χ2n) is 5.65. The molecular weight excluding hydrogens is 353 g/mol. The minimum absolute atomic E-state index is 0.0705. The fourth-order valence-electron chi connectivity index (χ4n) is 2.79. The van der Waals surface area contributed by atoms with Crippen molar-refractivity contribution in [2.75, 3.05) is 19.6 Å². The number of pyridine rings is 1. The molecule has 0 radical (unpaired) electrons. The van der Waals surface area contributed by atoms with E-state index >= 15 is 0 Å². The smallest absolute Gasteiger partial charge is 0.245 e. The van der Waals surface area contributed by atoms with E-state index in [1.807, 2.05) is 6.07 Å². The predicted octanol–water partition coefficient (Wildman–Crippen LogP) is 2.52. The second kappa shape index (κ2) is 6.76. The summed E-state index contributed by atoms with van der Waals surface area (Å²) in [5, 5.41) is 3.09. The Kier molecular flexibility index (Phi) is 4.87. The van der Waals surface area contributed by atoms with E-state index in [1.165, 1.54) is 17.3 Å². The molecule has 8 heteroatoms. The van der Waals surface area contributed by atoms with E-state index in [0.717, 1.165) is 11.6 Å². The lowest BCUT2D eigenvalue weighted by Crippen LogP contribution is -2.48. The van der Waals surface area contributed by atoms with Crippen LogP contribution in [-0.4, -0.2) is 37.3 Å². The number of aromatic nitrogens is 1. The first-order chi connectivity index (χ1) is 11.4. The number of rotatable bonds is 3. The van der Waals surface area contributed by atoms with Gasteiger partial charge < -0.3 is 5.32 Å². The van der Waals surface area contributed by atoms with E-state index in [9.17, 15) is 12.8 Å². The maximum Gasteiger partial charge on any atom is 0.245 e. The number of hydrogen-bond donors (Lipinski definition) is 1. The average Bonchev–Trinajstić information content (AvgIpc) is 2.59. The molecule has 0 amide bonds. The summed E-state index contributed by atoms with van der Waals surface area (Å²) in [7, 11) is -3.86. The molecule has 1 unspecified atom stereocenters. The zero-order chi connectivity index (χ0) is 17.3. The predicted molar refractivity (Wildman–Crippen MR) is 89.9 cm³/mol. The van der Waals surface area contributed by atoms with Crippen molar-refractivity contribution in [2.45, 2.75) is 17.9 Å². The fraction of sp³-hybridized carbons (Fsp3) is 0.312. The molecule has 0 spiro atoms. The van der Waals surface area contributed by atoms with Gasteiger partial charge in [-0.15, -0.1) is 0 Å². The van der Waals surface area contributed by atoms with E-state index in [2.05, 4.69) is 10.3 Å². The van der Waals surface area contributed by atoms with Gasteiger partial charge in [0.05, 0.1) is 11.1 Å². The third-order valence-corrected chi connectivity index (χ3v) is 6.44. The first kappa shape index (κ1) is 17.3. The van der Waals surface area contributed by atoms with Crippen LogP contribution >= 0.6 is 11.6 Å². The molecule has 0 bridgehead atoms. The molecule has 2 heterocycles. The summed E-state index contributed by atoms with van der Waals surface area (Å²) in [6.07, 6.45) is 3.29. The minimum Gasteiger partial charge on any atom is -0.313 e. The van der Waals surface area contributed by atoms with Crippen LogP contribution in [-0.2, 0) is 10.0 Å². The Morgan fingerprint density at radius 3 is 2.92 bits per heavy atom. The van der Waals surface area contributed by atoms with Gasteiger partial charge in [-0.05, 0) is 36.2 Å². The van der Waals surface area contributed by atoms with Crippen molar-refractivity contribution >= 4 is 21.6 Å². The Morgan fingerprint density at radius 2 is 2.21 bits per heavy atom. The van der Waals surface area contributed by atoms with Crippen LogP contribution in [0.1, 0.15) is 17.2 Å². The van der Waals surface area contributed by atoms with Crippen molar-refractivity contribution in [1.82, 2.24) is 14.6 Å². The number of piperazine rings is 1. The largest absolute Gasteiger partial charge is 0.313 e. The quantitative estimate of drug-likeness (QED) is 0.903. The summed E-state index contributed by atoms with van der Waals surface area (Å²) >= 11 is 6.03. The molecule has 1 fully saturated rings. The molecule has 1 aromatic heterocycles. The number of nitrogens with one attached hydrogen (secondary N) is 1. The Balaban J connectivity index is 2.06. The van der Waals surface area contributed by atoms with Gasteiger partial charge in [0.15, 0.2) is 0 Å². The highest BCUT2D eigenvalue weighted by molar-refractivity contribution is 7.89. The molecule has 24 heavy (non-hydrogen) atoms. The molecule has 3 rings (SSSR count). The van der Waals surface area contributed by atoms with Crippen LogP contribution in [0.2, 0.25) is 5.02 Å². The molecule has 0 saturated carbocycles. The highest BCUT2D eigenvalue weighted by Gasteiger charge is 2.36. The normalized spacial score (nSPS) is 19.4. The van der Waals surface area contributed by atoms with Gasteiger partial charge in [-0.1, -0.05) is 17.7 Å². The average molecular weight is 370 g/mol. The zero-order valence-electron chi connectivity index (χ0n) is 13.0. The van der Waals surface area contributed by atoms with Gasteiger partial charge in [-0.25, -0.2) is 12.8 Å². The molecule has 0 aliphatic carbocycles. The summed E-state index contributed by atoms with van der Waals surface area (Å²) in [6.45, 7) is 2.83. The number of aryl methyl sites for hydroxylation is 1. The Labute approximate surface area is 145 Å². The fourth-order valence-corrected chi connectivity index (χ4v) is 4.97. The lowest BCUT2D eigenvalue weighted by Gasteiger charge is -2.35. The van der Waals surface area contributed by atoms with Crippen LogP contribution in [0.3, 0.4) is 0 Å². The van der Waals surface area contributed by atoms with Gasteiger partial charge >= 0.3 is 0 Å². The lowest BCUT2D eigenvalue weighted by atomic mass is 10.1. The number of hydrogen-bond acceptors (Lipinski definition) is 4. The number of benzene rings is 1. The van der Waals surface area contributed by atoms with Gasteiger partial charge in [0.25, 0.3) is 0 Å². The topological polar surface area (TPSA) is 62.3 Å². The summed E-state index contributed by atoms with van der Waals surface area (Å²) in [6, 6.07) is 5.55. The molecule has 128 valence electrons. The van der Waals surface area contributed by atoms with Crippen molar-refractivity contribution in [3.8, 4) is 0 Å². The van der Waals surface area contributed by atoms with Crippen LogP contribution in [0.5, 0.6) is 0 Å². The SMILES string of the molecule is Cc1cc(S(=O)(=O)N2CCNCC2c2cccnc2)c(Cl)cc1F. The Hall–Kier alpha value is -1.54. The first-order valence-electron chi connectivity index (χ1n) is 7.49. The van der Waals surface area contributed by atoms with Gasteiger partial charge in [0.2, 0.25) is 10.0 Å². The van der Waals surface area contributed by atoms with Crippen molar-refractivity contribution in [3.63, 3.8) is 0 Å². The van der Waals surface area contributed by atoms with Gasteiger partial charge in [-0.3, -0.25) is 4.98 Å². The van der Waals surface area contributed by atoms with Gasteiger partial charge in [0, 0.05) is 32.0 Å². The van der Waals surface area contributed by atoms with Crippen LogP contribution in [0, 0.1) is 12.7 Å². The maximum atomic E-state index is 13.6. The molecule has 1 aliphatic heterocycles. The Morgan fingerprint density at radius 1 is 1.42 bits per heavy atom. The van der Waals surface area contributed by atoms with E-state index in [1.54, 1.807) is 18.5 Å². The van der Waals surface area contributed by atoms with Gasteiger partial charge in [-0.2, -0.15) is 4.31 Å². The summed E-state index contributed by atoms with van der Waals surface area (Å²) in [4.78, 5) is 4.00. The summed E-state index contributed by atoms with van der Waals surface area (Å²) < 4.78 is 41.3. The molecule has 1 saturated heterocycles. The van der Waals surface area contributed by atoms with Gasteiger partial charge in [0.1, 0.15) is 10.7 Å². The highest BCUT2D eigenvalue weighted by Crippen LogP contribution is 2.33. The van der Waals surface area contributed by atoms with E-state index < -0.39 is 15.8 Å². The molecule has 1 aromatic carbocycles. The number of nitrogens with zero attached hydrogens (tertiary/aromatic N) is 2. The third kappa shape index (κ3) is 3.17. The highest BCUT2D eigenvalue weighted by atomic mass is 35.5. The van der Waals surface area contributed by atoms with Crippen molar-refractivity contribution < 1.29 is 12.8 Å². The minimum atomic E-state index is -3.86. The van der Waals surface area contributed by atoms with E-state index in [0.29, 0.717) is 19.6 Å². The van der Waals surface area contributed by atoms with Crippen LogP contribution in [0.25, 0.3) is 0 Å². The Bertz CT molecular complexity index is 846. The van der Waals surface area contributed by atoms with E-state index in [-0.39, 0.29) is 21.5 Å². The van der Waals surface area contributed by atoms with Crippen molar-refractivity contribution in [2.24, 2.45) is 0 Å². The lowest BCUT2D eigenvalue weighted by molar-refractivity contribution is 0.271. The molecule has 5 nitrogen and oxygen atoms in total. The first-order valence-corrected chi connectivity index (χ1v) is 9.31. The molecule has 1 N–H and O–H groups in total. The molecule has 1 atom stereocenters. The van der Waals surface area contributed by atoms with Crippen molar-refractivity contribution in [1.29, 1.82) is 0 Å². The zero-order valence-corrected chi connectivity index (χ0v) is 14.6. The molecular formula is C16H17ClFN3O2S. The standard InChI is InChI=1S/C16H17ClFN3O2S/c1-11-7-16(13(17)8-14(11)18)24(22,23)21-6-5-20-10-15(21)12-3-2-4-19-9-12/h2-4,7-9,15,20H,5-6,10H2,1H3. The summed E-state index contributed by atoms with van der Waals surface area (Å²) in [5.41, 5.74) is 1.04. The second-order valence-corrected chi connectivity index (χ2v) is 7.92. The van der Waals surface area contributed by atoms with Crippen LogP contribution in [0.15, 0.2) is 41.6 Å². The van der Waals surface area contributed by atoms with Crippen molar-refractivity contribution in [3.05, 3.63) is 58.6 Å². The molecule has 1 aliphatic rings. The third-order valence-electron chi connectivity index (χ3n) is 4.06. The maximum absolute atomic E-state index is 13.6. The molecule has 2 aromatic rings. The van der Waals surface area contributed by atoms with E-state index in [4.69, 9.17) is 11.6 Å². The number of sulfonamides is 1. The van der Waals surface area contributed by atoms with Crippen LogP contribution in [0.4, 0.5) is 4.39 Å².